The maximum atomic E-state index is 11.8. The first-order valence-electron chi connectivity index (χ1n) is 5.51. The Bertz CT molecular complexity index is 460. The molecule has 18 heavy (non-hydrogen) atoms. The highest BCUT2D eigenvalue weighted by molar-refractivity contribution is 9.10. The summed E-state index contributed by atoms with van der Waals surface area (Å²) in [6.07, 6.45) is -0.756. The molecule has 5 nitrogen and oxygen atoms in total. The van der Waals surface area contributed by atoms with Crippen molar-refractivity contribution >= 4 is 33.5 Å². The van der Waals surface area contributed by atoms with E-state index in [4.69, 9.17) is 9.84 Å². The van der Waals surface area contributed by atoms with E-state index in [1.807, 2.05) is 12.1 Å². The van der Waals surface area contributed by atoms with Gasteiger partial charge in [-0.1, -0.05) is 15.9 Å². The van der Waals surface area contributed by atoms with E-state index in [0.717, 1.165) is 4.47 Å². The van der Waals surface area contributed by atoms with Crippen molar-refractivity contribution in [3.63, 3.8) is 0 Å². The Labute approximate surface area is 112 Å². The quantitative estimate of drug-likeness (QED) is 0.895. The summed E-state index contributed by atoms with van der Waals surface area (Å²) in [5.74, 6) is -1.32. The lowest BCUT2D eigenvalue weighted by Gasteiger charge is -2.11. The third kappa shape index (κ3) is 3.08. The topological polar surface area (TPSA) is 75.6 Å². The number of anilines is 1. The van der Waals surface area contributed by atoms with Gasteiger partial charge in [-0.25, -0.2) is 4.79 Å². The van der Waals surface area contributed by atoms with Crippen LogP contribution in [0, 0.1) is 0 Å². The number of hydrogen-bond donors (Lipinski definition) is 2. The van der Waals surface area contributed by atoms with E-state index in [1.165, 1.54) is 0 Å². The molecule has 0 aliphatic carbocycles. The molecule has 0 bridgehead atoms. The van der Waals surface area contributed by atoms with Crippen molar-refractivity contribution in [2.24, 2.45) is 0 Å². The molecule has 2 rings (SSSR count). The summed E-state index contributed by atoms with van der Waals surface area (Å²) in [4.78, 5) is 22.5. The van der Waals surface area contributed by atoms with Gasteiger partial charge >= 0.3 is 5.97 Å². The van der Waals surface area contributed by atoms with Crippen molar-refractivity contribution in [2.45, 2.75) is 25.0 Å². The lowest BCUT2D eigenvalue weighted by molar-refractivity contribution is -0.150. The van der Waals surface area contributed by atoms with E-state index in [2.05, 4.69) is 21.2 Å². The number of carbonyl (C=O) groups excluding carboxylic acids is 1. The molecule has 2 unspecified atom stereocenters. The van der Waals surface area contributed by atoms with Gasteiger partial charge in [0.15, 0.2) is 6.10 Å². The first kappa shape index (κ1) is 13.0. The number of aliphatic carboxylic acids is 1. The van der Waals surface area contributed by atoms with Gasteiger partial charge in [-0.15, -0.1) is 0 Å². The Morgan fingerprint density at radius 3 is 2.39 bits per heavy atom. The van der Waals surface area contributed by atoms with E-state index in [-0.39, 0.29) is 5.91 Å². The zero-order valence-corrected chi connectivity index (χ0v) is 11.0. The third-order valence-electron chi connectivity index (χ3n) is 2.70. The average molecular weight is 314 g/mol. The standard InChI is InChI=1S/C12H12BrNO4/c13-7-1-3-8(4-2-7)14-11(15)9-5-6-10(18-9)12(16)17/h1-4,9-10H,5-6H2,(H,14,15)(H,16,17). The summed E-state index contributed by atoms with van der Waals surface area (Å²) in [7, 11) is 0. The van der Waals surface area contributed by atoms with Crippen LogP contribution in [0.1, 0.15) is 12.8 Å². The zero-order valence-electron chi connectivity index (χ0n) is 9.43. The van der Waals surface area contributed by atoms with Crippen LogP contribution in [0.3, 0.4) is 0 Å². The van der Waals surface area contributed by atoms with Crippen molar-refractivity contribution in [1.82, 2.24) is 0 Å². The predicted octanol–water partition coefficient (Wildman–Crippen LogP) is 2.02. The molecule has 2 N–H and O–H groups in total. The van der Waals surface area contributed by atoms with E-state index < -0.39 is 18.2 Å². The molecule has 1 amide bonds. The fourth-order valence-electron chi connectivity index (χ4n) is 1.77. The number of carboxylic acids is 1. The van der Waals surface area contributed by atoms with Crippen molar-refractivity contribution in [3.8, 4) is 0 Å². The van der Waals surface area contributed by atoms with Gasteiger partial charge in [0.25, 0.3) is 5.91 Å². The van der Waals surface area contributed by atoms with Crippen molar-refractivity contribution in [1.29, 1.82) is 0 Å². The third-order valence-corrected chi connectivity index (χ3v) is 3.23. The van der Waals surface area contributed by atoms with Crippen LogP contribution < -0.4 is 5.32 Å². The van der Waals surface area contributed by atoms with E-state index >= 15 is 0 Å². The number of hydrogen-bond acceptors (Lipinski definition) is 3. The molecule has 1 aliphatic rings. The molecular formula is C12H12BrNO4. The van der Waals surface area contributed by atoms with Crippen LogP contribution in [-0.2, 0) is 14.3 Å². The summed E-state index contributed by atoms with van der Waals surface area (Å²) in [5.41, 5.74) is 0.658. The van der Waals surface area contributed by atoms with Gasteiger partial charge in [0.1, 0.15) is 6.10 Å². The minimum atomic E-state index is -1.02. The van der Waals surface area contributed by atoms with Gasteiger partial charge in [0, 0.05) is 10.2 Å². The normalized spacial score (nSPS) is 22.7. The molecule has 6 heteroatoms. The molecule has 2 atom stereocenters. The number of carbonyl (C=O) groups is 2. The van der Waals surface area contributed by atoms with Crippen LogP contribution in [0.25, 0.3) is 0 Å². The van der Waals surface area contributed by atoms with Crippen molar-refractivity contribution in [2.75, 3.05) is 5.32 Å². The molecule has 1 aliphatic heterocycles. The number of amides is 1. The summed E-state index contributed by atoms with van der Waals surface area (Å²) >= 11 is 3.30. The molecule has 0 spiro atoms. The molecule has 1 fully saturated rings. The molecule has 1 aromatic carbocycles. The van der Waals surface area contributed by atoms with Crippen LogP contribution in [0.15, 0.2) is 28.7 Å². The van der Waals surface area contributed by atoms with Gasteiger partial charge in [0.2, 0.25) is 0 Å². The Hall–Kier alpha value is -1.40. The Balaban J connectivity index is 1.93. The molecule has 0 saturated carbocycles. The fourth-order valence-corrected chi connectivity index (χ4v) is 2.03. The summed E-state index contributed by atoms with van der Waals surface area (Å²) in [6.45, 7) is 0. The number of nitrogens with one attached hydrogen (secondary N) is 1. The van der Waals surface area contributed by atoms with E-state index in [1.54, 1.807) is 12.1 Å². The second-order valence-corrected chi connectivity index (χ2v) is 4.94. The highest BCUT2D eigenvalue weighted by Gasteiger charge is 2.34. The highest BCUT2D eigenvalue weighted by Crippen LogP contribution is 2.22. The van der Waals surface area contributed by atoms with Gasteiger partial charge in [-0.05, 0) is 37.1 Å². The minimum absolute atomic E-state index is 0.305. The van der Waals surface area contributed by atoms with Gasteiger partial charge in [0.05, 0.1) is 0 Å². The Kier molecular flexibility index (Phi) is 3.98. The molecule has 1 heterocycles. The monoisotopic (exact) mass is 313 g/mol. The first-order valence-corrected chi connectivity index (χ1v) is 6.30. The van der Waals surface area contributed by atoms with E-state index in [9.17, 15) is 9.59 Å². The highest BCUT2D eigenvalue weighted by atomic mass is 79.9. The number of ether oxygens (including phenoxy) is 1. The molecule has 0 radical (unpaired) electrons. The second-order valence-electron chi connectivity index (χ2n) is 4.03. The summed E-state index contributed by atoms with van der Waals surface area (Å²) < 4.78 is 6.08. The smallest absolute Gasteiger partial charge is 0.332 e. The SMILES string of the molecule is O=C(O)C1CCC(C(=O)Nc2ccc(Br)cc2)O1. The largest absolute Gasteiger partial charge is 0.479 e. The maximum absolute atomic E-state index is 11.8. The van der Waals surface area contributed by atoms with Crippen LogP contribution in [0.2, 0.25) is 0 Å². The number of halogens is 1. The molecule has 0 aromatic heterocycles. The van der Waals surface area contributed by atoms with Crippen molar-refractivity contribution < 1.29 is 19.4 Å². The van der Waals surface area contributed by atoms with Crippen LogP contribution in [0.4, 0.5) is 5.69 Å². The summed E-state index contributed by atoms with van der Waals surface area (Å²) in [5, 5.41) is 11.5. The number of benzene rings is 1. The van der Waals surface area contributed by atoms with Gasteiger partial charge in [-0.3, -0.25) is 4.79 Å². The average Bonchev–Trinajstić information content (AvgIpc) is 2.81. The Morgan fingerprint density at radius 1 is 1.22 bits per heavy atom. The zero-order chi connectivity index (χ0) is 13.1. The van der Waals surface area contributed by atoms with Crippen LogP contribution in [-0.4, -0.2) is 29.2 Å². The number of rotatable bonds is 3. The molecule has 1 saturated heterocycles. The van der Waals surface area contributed by atoms with Crippen molar-refractivity contribution in [3.05, 3.63) is 28.7 Å². The number of carboxylic acid groups (broad SMARTS) is 1. The van der Waals surface area contributed by atoms with E-state index in [0.29, 0.717) is 18.5 Å². The fraction of sp³-hybridized carbons (Fsp3) is 0.333. The predicted molar refractivity (Wildman–Crippen MR) is 68.3 cm³/mol. The lowest BCUT2D eigenvalue weighted by Crippen LogP contribution is -2.29. The molecule has 1 aromatic rings. The maximum Gasteiger partial charge on any atom is 0.332 e. The first-order chi connectivity index (χ1) is 8.56. The van der Waals surface area contributed by atoms with Gasteiger partial charge < -0.3 is 15.2 Å². The van der Waals surface area contributed by atoms with Gasteiger partial charge in [-0.2, -0.15) is 0 Å². The minimum Gasteiger partial charge on any atom is -0.479 e. The second kappa shape index (κ2) is 5.49. The van der Waals surface area contributed by atoms with Crippen LogP contribution >= 0.6 is 15.9 Å². The lowest BCUT2D eigenvalue weighted by atomic mass is 10.2. The summed E-state index contributed by atoms with van der Waals surface area (Å²) in [6, 6.07) is 7.13. The Morgan fingerprint density at radius 2 is 1.83 bits per heavy atom. The molecular weight excluding hydrogens is 302 g/mol. The molecule has 96 valence electrons. The van der Waals surface area contributed by atoms with Crippen LogP contribution in [0.5, 0.6) is 0 Å².